The van der Waals surface area contributed by atoms with E-state index in [0.29, 0.717) is 11.6 Å². The van der Waals surface area contributed by atoms with Crippen molar-refractivity contribution in [3.8, 4) is 5.82 Å². The van der Waals surface area contributed by atoms with E-state index in [2.05, 4.69) is 36.3 Å². The van der Waals surface area contributed by atoms with Crippen molar-refractivity contribution in [2.24, 2.45) is 0 Å². The molecule has 0 amide bonds. The molecule has 0 aliphatic rings. The molecule has 2 rings (SSSR count). The predicted molar refractivity (Wildman–Crippen MR) is 74.9 cm³/mol. The standard InChI is InChI=1S/C11H15BrN6/c1-4-14-8-5-9(16-11(13)15-8)18-7(3)10(12)6(2)17-18/h5H,4H2,1-3H3,(H3,13,14,15,16). The lowest BCUT2D eigenvalue weighted by atomic mass is 10.4. The fourth-order valence-corrected chi connectivity index (χ4v) is 1.93. The number of halogens is 1. The Balaban J connectivity index is 2.52. The first-order valence-electron chi connectivity index (χ1n) is 5.63. The van der Waals surface area contributed by atoms with Crippen LogP contribution >= 0.6 is 15.9 Å². The van der Waals surface area contributed by atoms with E-state index in [-0.39, 0.29) is 5.95 Å². The van der Waals surface area contributed by atoms with Gasteiger partial charge in [-0.15, -0.1) is 0 Å². The lowest BCUT2D eigenvalue weighted by Crippen LogP contribution is -2.09. The Morgan fingerprint density at radius 3 is 2.67 bits per heavy atom. The molecule has 6 nitrogen and oxygen atoms in total. The SMILES string of the molecule is CCNc1cc(-n2nc(C)c(Br)c2C)nc(N)n1. The van der Waals surface area contributed by atoms with Crippen LogP contribution in [0.4, 0.5) is 11.8 Å². The summed E-state index contributed by atoms with van der Waals surface area (Å²) in [6.45, 7) is 6.67. The molecule has 0 aliphatic carbocycles. The lowest BCUT2D eigenvalue weighted by molar-refractivity contribution is 0.803. The summed E-state index contributed by atoms with van der Waals surface area (Å²) in [7, 11) is 0. The van der Waals surface area contributed by atoms with Gasteiger partial charge in [0.05, 0.1) is 15.9 Å². The largest absolute Gasteiger partial charge is 0.370 e. The highest BCUT2D eigenvalue weighted by Crippen LogP contribution is 2.23. The Bertz CT molecular complexity index is 577. The average Bonchev–Trinajstić information content (AvgIpc) is 2.57. The number of nitrogens with one attached hydrogen (secondary N) is 1. The van der Waals surface area contributed by atoms with Gasteiger partial charge in [0, 0.05) is 12.6 Å². The molecule has 0 fully saturated rings. The van der Waals surface area contributed by atoms with Gasteiger partial charge in [0.15, 0.2) is 5.82 Å². The second-order valence-electron chi connectivity index (χ2n) is 3.90. The molecule has 3 N–H and O–H groups in total. The fraction of sp³-hybridized carbons (Fsp3) is 0.364. The molecule has 96 valence electrons. The highest BCUT2D eigenvalue weighted by molar-refractivity contribution is 9.10. The number of nitrogens with two attached hydrogens (primary N) is 1. The van der Waals surface area contributed by atoms with Crippen LogP contribution < -0.4 is 11.1 Å². The van der Waals surface area contributed by atoms with Crippen molar-refractivity contribution in [2.45, 2.75) is 20.8 Å². The minimum atomic E-state index is 0.229. The van der Waals surface area contributed by atoms with Crippen molar-refractivity contribution in [3.63, 3.8) is 0 Å². The number of aryl methyl sites for hydroxylation is 1. The maximum atomic E-state index is 5.71. The van der Waals surface area contributed by atoms with Gasteiger partial charge in [-0.2, -0.15) is 15.1 Å². The van der Waals surface area contributed by atoms with Crippen LogP contribution in [-0.2, 0) is 0 Å². The summed E-state index contributed by atoms with van der Waals surface area (Å²) in [5.74, 6) is 1.58. The molecular formula is C11H15BrN6. The first-order valence-corrected chi connectivity index (χ1v) is 6.42. The van der Waals surface area contributed by atoms with Crippen molar-refractivity contribution in [1.82, 2.24) is 19.7 Å². The minimum Gasteiger partial charge on any atom is -0.370 e. The van der Waals surface area contributed by atoms with Gasteiger partial charge in [0.1, 0.15) is 5.82 Å². The lowest BCUT2D eigenvalue weighted by Gasteiger charge is -2.07. The van der Waals surface area contributed by atoms with Crippen LogP contribution in [0.2, 0.25) is 0 Å². The van der Waals surface area contributed by atoms with E-state index in [9.17, 15) is 0 Å². The molecule has 0 saturated heterocycles. The molecule has 2 aromatic heterocycles. The summed E-state index contributed by atoms with van der Waals surface area (Å²) < 4.78 is 2.72. The summed E-state index contributed by atoms with van der Waals surface area (Å²) >= 11 is 3.49. The Hall–Kier alpha value is -1.63. The van der Waals surface area contributed by atoms with E-state index < -0.39 is 0 Å². The van der Waals surface area contributed by atoms with Gasteiger partial charge in [-0.05, 0) is 36.7 Å². The highest BCUT2D eigenvalue weighted by atomic mass is 79.9. The average molecular weight is 311 g/mol. The molecule has 0 radical (unpaired) electrons. The van der Waals surface area contributed by atoms with Gasteiger partial charge in [-0.3, -0.25) is 0 Å². The summed E-state index contributed by atoms with van der Waals surface area (Å²) in [6, 6.07) is 1.83. The molecule has 0 atom stereocenters. The van der Waals surface area contributed by atoms with Crippen LogP contribution in [-0.4, -0.2) is 26.3 Å². The van der Waals surface area contributed by atoms with Crippen LogP contribution in [0.1, 0.15) is 18.3 Å². The second kappa shape index (κ2) is 4.93. The number of hydrogen-bond donors (Lipinski definition) is 2. The Kier molecular flexibility index (Phi) is 3.51. The van der Waals surface area contributed by atoms with E-state index in [1.165, 1.54) is 0 Å². The number of rotatable bonds is 3. The molecule has 0 saturated carbocycles. The third-order valence-corrected chi connectivity index (χ3v) is 3.66. The molecule has 0 aromatic carbocycles. The van der Waals surface area contributed by atoms with Crippen LogP contribution in [0.25, 0.3) is 5.82 Å². The van der Waals surface area contributed by atoms with E-state index in [4.69, 9.17) is 5.73 Å². The minimum absolute atomic E-state index is 0.229. The summed E-state index contributed by atoms with van der Waals surface area (Å²) in [5.41, 5.74) is 7.60. The smallest absolute Gasteiger partial charge is 0.224 e. The quantitative estimate of drug-likeness (QED) is 0.906. The Morgan fingerprint density at radius 1 is 1.39 bits per heavy atom. The van der Waals surface area contributed by atoms with Crippen molar-refractivity contribution in [3.05, 3.63) is 21.9 Å². The number of hydrogen-bond acceptors (Lipinski definition) is 5. The fourth-order valence-electron chi connectivity index (χ4n) is 1.68. The molecule has 0 unspecified atom stereocenters. The highest BCUT2D eigenvalue weighted by Gasteiger charge is 2.12. The van der Waals surface area contributed by atoms with Crippen LogP contribution in [0.15, 0.2) is 10.5 Å². The molecule has 0 bridgehead atoms. The van der Waals surface area contributed by atoms with Crippen molar-refractivity contribution >= 4 is 27.7 Å². The van der Waals surface area contributed by atoms with Crippen LogP contribution in [0, 0.1) is 13.8 Å². The van der Waals surface area contributed by atoms with Gasteiger partial charge in [-0.25, -0.2) is 4.68 Å². The van der Waals surface area contributed by atoms with E-state index in [0.717, 1.165) is 22.4 Å². The van der Waals surface area contributed by atoms with Crippen molar-refractivity contribution in [1.29, 1.82) is 0 Å². The molecule has 18 heavy (non-hydrogen) atoms. The van der Waals surface area contributed by atoms with E-state index >= 15 is 0 Å². The van der Waals surface area contributed by atoms with Crippen LogP contribution in [0.3, 0.4) is 0 Å². The third-order valence-electron chi connectivity index (χ3n) is 2.51. The second-order valence-corrected chi connectivity index (χ2v) is 4.69. The molecular weight excluding hydrogens is 296 g/mol. The zero-order valence-corrected chi connectivity index (χ0v) is 12.1. The van der Waals surface area contributed by atoms with Crippen molar-refractivity contribution < 1.29 is 0 Å². The maximum absolute atomic E-state index is 5.71. The zero-order valence-electron chi connectivity index (χ0n) is 10.5. The Morgan fingerprint density at radius 2 is 2.11 bits per heavy atom. The molecule has 0 aliphatic heterocycles. The topological polar surface area (TPSA) is 81.7 Å². The van der Waals surface area contributed by atoms with Gasteiger partial charge in [0.2, 0.25) is 5.95 Å². The first kappa shape index (κ1) is 12.8. The van der Waals surface area contributed by atoms with Gasteiger partial charge in [-0.1, -0.05) is 0 Å². The number of anilines is 2. The Labute approximate surface area is 114 Å². The summed E-state index contributed by atoms with van der Waals surface area (Å²) in [4.78, 5) is 8.32. The normalized spacial score (nSPS) is 10.7. The number of aromatic nitrogens is 4. The maximum Gasteiger partial charge on any atom is 0.224 e. The van der Waals surface area contributed by atoms with Gasteiger partial charge in [0.25, 0.3) is 0 Å². The first-order chi connectivity index (χ1) is 8.52. The summed E-state index contributed by atoms with van der Waals surface area (Å²) in [5, 5.41) is 7.53. The van der Waals surface area contributed by atoms with Gasteiger partial charge < -0.3 is 11.1 Å². The zero-order chi connectivity index (χ0) is 13.3. The molecule has 0 spiro atoms. The number of nitrogens with zero attached hydrogens (tertiary/aromatic N) is 4. The third kappa shape index (κ3) is 2.31. The monoisotopic (exact) mass is 310 g/mol. The van der Waals surface area contributed by atoms with E-state index in [1.54, 1.807) is 4.68 Å². The van der Waals surface area contributed by atoms with Gasteiger partial charge >= 0.3 is 0 Å². The van der Waals surface area contributed by atoms with Crippen molar-refractivity contribution in [2.75, 3.05) is 17.6 Å². The molecule has 2 heterocycles. The summed E-state index contributed by atoms with van der Waals surface area (Å²) in [6.07, 6.45) is 0. The predicted octanol–water partition coefficient (Wildman–Crippen LogP) is 2.06. The molecule has 7 heteroatoms. The molecule has 2 aromatic rings. The van der Waals surface area contributed by atoms with Crippen LogP contribution in [0.5, 0.6) is 0 Å². The number of nitrogen functional groups attached to an aromatic ring is 1. The van der Waals surface area contributed by atoms with E-state index in [1.807, 2.05) is 26.8 Å².